The third kappa shape index (κ3) is 7.08. The van der Waals surface area contributed by atoms with Crippen LogP contribution in [0.15, 0.2) is 59.3 Å². The molecule has 0 bridgehead atoms. The first-order chi connectivity index (χ1) is 15.9. The zero-order chi connectivity index (χ0) is 23.8. The minimum atomic E-state index is -0.0710. The number of aryl methyl sites for hydroxylation is 1. The lowest BCUT2D eigenvalue weighted by Gasteiger charge is -2.24. The quantitative estimate of drug-likeness (QED) is 0.302. The zero-order valence-electron chi connectivity index (χ0n) is 19.3. The molecule has 33 heavy (non-hydrogen) atoms. The molecule has 0 spiro atoms. The van der Waals surface area contributed by atoms with Crippen molar-refractivity contribution in [3.63, 3.8) is 0 Å². The minimum absolute atomic E-state index is 0.0710. The molecule has 0 saturated heterocycles. The van der Waals surface area contributed by atoms with Crippen molar-refractivity contribution in [1.29, 1.82) is 0 Å². The molecule has 0 saturated carbocycles. The monoisotopic (exact) mass is 504 g/mol. The molecular formula is C25H29ClN2O3S2. The Morgan fingerprint density at radius 2 is 1.91 bits per heavy atom. The maximum atomic E-state index is 6.20. The number of hydrogen-bond acceptors (Lipinski definition) is 6. The van der Waals surface area contributed by atoms with Gasteiger partial charge < -0.3 is 24.0 Å². The molecule has 0 amide bonds. The summed E-state index contributed by atoms with van der Waals surface area (Å²) >= 11 is 13.4. The van der Waals surface area contributed by atoms with Crippen LogP contribution in [-0.4, -0.2) is 45.6 Å². The molecule has 2 aromatic carbocycles. The van der Waals surface area contributed by atoms with E-state index < -0.39 is 0 Å². The van der Waals surface area contributed by atoms with E-state index >= 15 is 0 Å². The Morgan fingerprint density at radius 1 is 1.09 bits per heavy atom. The summed E-state index contributed by atoms with van der Waals surface area (Å²) in [6.45, 7) is 3.21. The Hall–Kier alpha value is -2.32. The van der Waals surface area contributed by atoms with Gasteiger partial charge in [0, 0.05) is 55.6 Å². The highest BCUT2D eigenvalue weighted by molar-refractivity contribution is 7.80. The minimum Gasteiger partial charge on any atom is -0.491 e. The zero-order valence-corrected chi connectivity index (χ0v) is 21.7. The molecule has 0 aliphatic heterocycles. The van der Waals surface area contributed by atoms with Crippen molar-refractivity contribution in [2.75, 3.05) is 44.2 Å². The molecule has 5 nitrogen and oxygen atoms in total. The molecule has 3 rings (SSSR count). The highest BCUT2D eigenvalue weighted by atomic mass is 35.5. The van der Waals surface area contributed by atoms with E-state index in [1.54, 1.807) is 23.3 Å². The van der Waals surface area contributed by atoms with Crippen LogP contribution < -0.4 is 19.3 Å². The number of thiophene rings is 1. The molecule has 1 unspecified atom stereocenters. The van der Waals surface area contributed by atoms with Gasteiger partial charge in [-0.05, 0) is 66.0 Å². The fraction of sp³-hybridized carbons (Fsp3) is 0.320. The van der Waals surface area contributed by atoms with Gasteiger partial charge in [-0.25, -0.2) is 0 Å². The average molecular weight is 505 g/mol. The molecule has 0 aliphatic rings. The van der Waals surface area contributed by atoms with E-state index in [9.17, 15) is 0 Å². The predicted octanol–water partition coefficient (Wildman–Crippen LogP) is 6.29. The van der Waals surface area contributed by atoms with Gasteiger partial charge in [-0.2, -0.15) is 11.3 Å². The first-order valence-electron chi connectivity index (χ1n) is 10.6. The summed E-state index contributed by atoms with van der Waals surface area (Å²) < 4.78 is 17.6. The summed E-state index contributed by atoms with van der Waals surface area (Å²) in [6.07, 6.45) is 0.752. The van der Waals surface area contributed by atoms with Crippen LogP contribution in [0.1, 0.15) is 12.5 Å². The van der Waals surface area contributed by atoms with E-state index in [0.29, 0.717) is 17.5 Å². The molecule has 0 radical (unpaired) electrons. The molecule has 0 N–H and O–H groups in total. The Labute approximate surface area is 210 Å². The van der Waals surface area contributed by atoms with Gasteiger partial charge in [-0.1, -0.05) is 24.6 Å². The second kappa shape index (κ2) is 12.2. The molecule has 1 heterocycles. The van der Waals surface area contributed by atoms with Crippen molar-refractivity contribution in [3.8, 4) is 11.5 Å². The Bertz CT molecular complexity index is 1050. The van der Waals surface area contributed by atoms with Crippen LogP contribution in [-0.2, 0) is 11.2 Å². The summed E-state index contributed by atoms with van der Waals surface area (Å²) in [7, 11) is 5.62. The predicted molar refractivity (Wildman–Crippen MR) is 143 cm³/mol. The number of methoxy groups -OCH3 is 1. The van der Waals surface area contributed by atoms with Crippen LogP contribution >= 0.6 is 35.2 Å². The SMILES string of the molecule is CCc1cc(OC(=S)N(C)c2cccc(OCC(CN(C)c3ccsc3)OC)c2)ccc1Cl. The maximum absolute atomic E-state index is 6.20. The second-order valence-electron chi connectivity index (χ2n) is 7.56. The number of hydrogen-bond donors (Lipinski definition) is 0. The second-order valence-corrected chi connectivity index (χ2v) is 9.10. The van der Waals surface area contributed by atoms with Gasteiger partial charge in [0.1, 0.15) is 24.2 Å². The smallest absolute Gasteiger partial charge is 0.269 e. The van der Waals surface area contributed by atoms with Crippen LogP contribution in [0.25, 0.3) is 0 Å². The summed E-state index contributed by atoms with van der Waals surface area (Å²) in [5, 5.41) is 5.24. The molecule has 1 atom stereocenters. The molecular weight excluding hydrogens is 476 g/mol. The van der Waals surface area contributed by atoms with Crippen LogP contribution in [0.2, 0.25) is 5.02 Å². The van der Waals surface area contributed by atoms with Crippen LogP contribution in [0, 0.1) is 0 Å². The summed E-state index contributed by atoms with van der Waals surface area (Å²) in [4.78, 5) is 3.97. The highest BCUT2D eigenvalue weighted by Crippen LogP contribution is 2.25. The third-order valence-electron chi connectivity index (χ3n) is 5.28. The van der Waals surface area contributed by atoms with Gasteiger partial charge in [-0.15, -0.1) is 0 Å². The molecule has 0 fully saturated rings. The molecule has 3 aromatic rings. The number of anilines is 2. The number of benzene rings is 2. The van der Waals surface area contributed by atoms with Crippen molar-refractivity contribution in [2.24, 2.45) is 0 Å². The first kappa shape index (κ1) is 25.3. The van der Waals surface area contributed by atoms with Gasteiger partial charge in [0.2, 0.25) is 0 Å². The largest absolute Gasteiger partial charge is 0.491 e. The Balaban J connectivity index is 1.59. The van der Waals surface area contributed by atoms with E-state index in [0.717, 1.165) is 35.0 Å². The maximum Gasteiger partial charge on any atom is 0.269 e. The molecule has 1 aromatic heterocycles. The lowest BCUT2D eigenvalue weighted by atomic mass is 10.1. The van der Waals surface area contributed by atoms with Crippen molar-refractivity contribution in [2.45, 2.75) is 19.4 Å². The van der Waals surface area contributed by atoms with E-state index in [1.165, 1.54) is 5.69 Å². The van der Waals surface area contributed by atoms with Crippen LogP contribution in [0.3, 0.4) is 0 Å². The fourth-order valence-corrected chi connectivity index (χ4v) is 4.36. The van der Waals surface area contributed by atoms with Gasteiger partial charge >= 0.3 is 0 Å². The standard InChI is InChI=1S/C25H29ClN2O3S2/c1-5-18-13-22(9-10-24(18)26)31-25(32)28(3)19-7-6-8-21(14-19)30-16-23(29-4)15-27(2)20-11-12-33-17-20/h6-14,17,23H,5,15-16H2,1-4H3. The van der Waals surface area contributed by atoms with Gasteiger partial charge in [0.05, 0.1) is 0 Å². The normalized spacial score (nSPS) is 11.7. The number of rotatable bonds is 10. The number of nitrogens with zero attached hydrogens (tertiary/aromatic N) is 2. The average Bonchev–Trinajstić information content (AvgIpc) is 3.37. The Kier molecular flexibility index (Phi) is 9.38. The number of likely N-dealkylation sites (N-methyl/N-ethyl adjacent to an activating group) is 1. The Morgan fingerprint density at radius 3 is 2.61 bits per heavy atom. The highest BCUT2D eigenvalue weighted by Gasteiger charge is 2.15. The van der Waals surface area contributed by atoms with Crippen molar-refractivity contribution in [3.05, 3.63) is 69.9 Å². The van der Waals surface area contributed by atoms with Gasteiger partial charge in [0.25, 0.3) is 5.17 Å². The van der Waals surface area contributed by atoms with Crippen LogP contribution in [0.5, 0.6) is 11.5 Å². The topological polar surface area (TPSA) is 34.2 Å². The molecule has 176 valence electrons. The summed E-state index contributed by atoms with van der Waals surface area (Å²) in [5.41, 5.74) is 3.06. The van der Waals surface area contributed by atoms with Gasteiger partial charge in [-0.3, -0.25) is 0 Å². The van der Waals surface area contributed by atoms with E-state index in [2.05, 4.69) is 35.7 Å². The van der Waals surface area contributed by atoms with Crippen LogP contribution in [0.4, 0.5) is 11.4 Å². The number of ether oxygens (including phenoxy) is 3. The number of thiocarbonyl (C=S) groups is 1. The molecule has 0 aliphatic carbocycles. The van der Waals surface area contributed by atoms with Crippen molar-refractivity contribution >= 4 is 51.7 Å². The lowest BCUT2D eigenvalue weighted by Crippen LogP contribution is -2.34. The summed E-state index contributed by atoms with van der Waals surface area (Å²) in [5.74, 6) is 1.40. The fourth-order valence-electron chi connectivity index (χ4n) is 3.21. The third-order valence-corrected chi connectivity index (χ3v) is 6.67. The molecule has 8 heteroatoms. The van der Waals surface area contributed by atoms with Crippen molar-refractivity contribution < 1.29 is 14.2 Å². The van der Waals surface area contributed by atoms with E-state index in [1.807, 2.05) is 49.5 Å². The van der Waals surface area contributed by atoms with E-state index in [-0.39, 0.29) is 6.10 Å². The summed E-state index contributed by atoms with van der Waals surface area (Å²) in [6, 6.07) is 15.4. The first-order valence-corrected chi connectivity index (χ1v) is 12.4. The van der Waals surface area contributed by atoms with E-state index in [4.69, 9.17) is 38.0 Å². The lowest BCUT2D eigenvalue weighted by molar-refractivity contribution is 0.0636. The van der Waals surface area contributed by atoms with Crippen molar-refractivity contribution in [1.82, 2.24) is 0 Å². The van der Waals surface area contributed by atoms with Gasteiger partial charge in [0.15, 0.2) is 0 Å². The number of halogens is 1.